The van der Waals surface area contributed by atoms with E-state index in [0.29, 0.717) is 23.9 Å². The van der Waals surface area contributed by atoms with Gasteiger partial charge in [-0.1, -0.05) is 32.9 Å². The molecule has 3 atom stereocenters. The van der Waals surface area contributed by atoms with Gasteiger partial charge in [0, 0.05) is 5.69 Å². The van der Waals surface area contributed by atoms with Crippen molar-refractivity contribution in [3.05, 3.63) is 29.8 Å². The Kier molecular flexibility index (Phi) is 4.80. The summed E-state index contributed by atoms with van der Waals surface area (Å²) < 4.78 is 5.63. The first kappa shape index (κ1) is 20.4. The smallest absolute Gasteiger partial charge is 0.312 e. The van der Waals surface area contributed by atoms with Gasteiger partial charge in [0.05, 0.1) is 11.0 Å². The molecule has 158 valence electrons. The van der Waals surface area contributed by atoms with Crippen molar-refractivity contribution >= 4 is 17.6 Å². The van der Waals surface area contributed by atoms with Gasteiger partial charge in [-0.25, -0.2) is 0 Å². The van der Waals surface area contributed by atoms with E-state index in [9.17, 15) is 14.7 Å². The molecule has 5 nitrogen and oxygen atoms in total. The Morgan fingerprint density at radius 1 is 1.10 bits per heavy atom. The standard InChI is InChI=1S/C24H33NO4/c1-15(20(26)25-19-7-5-18(6-8-19)22(2,3)4)29-21(27)23-10-16-9-17(11-23)13-24(28,12-16)14-23/h5-8,15-17,28H,9-14H2,1-4H3,(H,25,26). The number of ether oxygens (including phenoxy) is 1. The first-order valence-electron chi connectivity index (χ1n) is 10.8. The molecule has 2 N–H and O–H groups in total. The molecule has 1 aromatic rings. The summed E-state index contributed by atoms with van der Waals surface area (Å²) in [6, 6.07) is 7.76. The van der Waals surface area contributed by atoms with Crippen LogP contribution in [0, 0.1) is 17.3 Å². The zero-order chi connectivity index (χ0) is 21.0. The lowest BCUT2D eigenvalue weighted by Gasteiger charge is -2.58. The molecule has 0 spiro atoms. The van der Waals surface area contributed by atoms with Crippen molar-refractivity contribution in [2.24, 2.45) is 17.3 Å². The SMILES string of the molecule is CC(OC(=O)C12CC3CC(CC(O)(C3)C1)C2)C(=O)Nc1ccc(C(C)(C)C)cc1. The Bertz CT molecular complexity index is 793. The number of esters is 1. The van der Waals surface area contributed by atoms with Crippen molar-refractivity contribution < 1.29 is 19.4 Å². The van der Waals surface area contributed by atoms with Gasteiger partial charge >= 0.3 is 5.97 Å². The van der Waals surface area contributed by atoms with Crippen LogP contribution in [-0.2, 0) is 19.7 Å². The average molecular weight is 400 g/mol. The second kappa shape index (κ2) is 6.83. The maximum absolute atomic E-state index is 13.0. The van der Waals surface area contributed by atoms with Crippen LogP contribution in [0.1, 0.15) is 71.8 Å². The number of anilines is 1. The predicted octanol–water partition coefficient (Wildman–Crippen LogP) is 4.19. The summed E-state index contributed by atoms with van der Waals surface area (Å²) in [5, 5.41) is 13.7. The van der Waals surface area contributed by atoms with Gasteiger partial charge < -0.3 is 15.2 Å². The van der Waals surface area contributed by atoms with E-state index in [2.05, 4.69) is 26.1 Å². The van der Waals surface area contributed by atoms with Crippen molar-refractivity contribution in [3.8, 4) is 0 Å². The topological polar surface area (TPSA) is 75.6 Å². The van der Waals surface area contributed by atoms with Gasteiger partial charge in [-0.3, -0.25) is 9.59 Å². The summed E-state index contributed by atoms with van der Waals surface area (Å²) in [4.78, 5) is 25.6. The quantitative estimate of drug-likeness (QED) is 0.745. The fourth-order valence-electron chi connectivity index (χ4n) is 6.09. The van der Waals surface area contributed by atoms with Crippen LogP contribution in [0.15, 0.2) is 24.3 Å². The lowest BCUT2D eigenvalue weighted by atomic mass is 9.48. The molecule has 0 aliphatic heterocycles. The number of benzene rings is 1. The van der Waals surface area contributed by atoms with Crippen LogP contribution in [0.4, 0.5) is 5.69 Å². The van der Waals surface area contributed by atoms with Gasteiger partial charge in [-0.15, -0.1) is 0 Å². The maximum atomic E-state index is 13.0. The first-order chi connectivity index (χ1) is 13.5. The number of hydrogen-bond donors (Lipinski definition) is 2. The van der Waals surface area contributed by atoms with E-state index in [1.54, 1.807) is 6.92 Å². The average Bonchev–Trinajstić information content (AvgIpc) is 2.59. The highest BCUT2D eigenvalue weighted by Crippen LogP contribution is 2.62. The summed E-state index contributed by atoms with van der Waals surface area (Å²) in [6.45, 7) is 8.04. The molecule has 29 heavy (non-hydrogen) atoms. The zero-order valence-electron chi connectivity index (χ0n) is 18.0. The van der Waals surface area contributed by atoms with Gasteiger partial charge in [0.1, 0.15) is 0 Å². The molecule has 4 bridgehead atoms. The third-order valence-electron chi connectivity index (χ3n) is 7.13. The number of carbonyl (C=O) groups is 2. The molecular weight excluding hydrogens is 366 g/mol. The monoisotopic (exact) mass is 399 g/mol. The Morgan fingerprint density at radius 3 is 2.21 bits per heavy atom. The largest absolute Gasteiger partial charge is 0.452 e. The molecule has 5 rings (SSSR count). The van der Waals surface area contributed by atoms with Gasteiger partial charge in [0.2, 0.25) is 0 Å². The first-order valence-corrected chi connectivity index (χ1v) is 10.8. The summed E-state index contributed by atoms with van der Waals surface area (Å²) >= 11 is 0. The number of rotatable bonds is 4. The molecule has 0 radical (unpaired) electrons. The molecule has 1 amide bonds. The Labute approximate surface area is 173 Å². The Hall–Kier alpha value is -1.88. The van der Waals surface area contributed by atoms with Crippen molar-refractivity contribution in [2.75, 3.05) is 5.32 Å². The molecule has 4 saturated carbocycles. The second-order valence-corrected chi connectivity index (χ2v) is 10.8. The molecular formula is C24H33NO4. The normalized spacial score (nSPS) is 34.0. The molecule has 4 aliphatic rings. The highest BCUT2D eigenvalue weighted by atomic mass is 16.5. The number of carbonyl (C=O) groups excluding carboxylic acids is 2. The molecule has 0 aromatic heterocycles. The third-order valence-corrected chi connectivity index (χ3v) is 7.13. The minimum atomic E-state index is -0.868. The fraction of sp³-hybridized carbons (Fsp3) is 0.667. The van der Waals surface area contributed by atoms with Crippen LogP contribution in [-0.4, -0.2) is 28.7 Å². The Balaban J connectivity index is 1.38. The fourth-order valence-corrected chi connectivity index (χ4v) is 6.09. The van der Waals surface area contributed by atoms with E-state index >= 15 is 0 Å². The molecule has 5 heteroatoms. The van der Waals surface area contributed by atoms with Gasteiger partial charge in [-0.2, -0.15) is 0 Å². The maximum Gasteiger partial charge on any atom is 0.312 e. The van der Waals surface area contributed by atoms with E-state index in [-0.39, 0.29) is 17.3 Å². The molecule has 0 heterocycles. The van der Waals surface area contributed by atoms with Crippen molar-refractivity contribution in [1.82, 2.24) is 0 Å². The van der Waals surface area contributed by atoms with Crippen LogP contribution in [0.25, 0.3) is 0 Å². The van der Waals surface area contributed by atoms with Crippen molar-refractivity contribution in [3.63, 3.8) is 0 Å². The van der Waals surface area contributed by atoms with Gasteiger partial charge in [0.25, 0.3) is 5.91 Å². The minimum absolute atomic E-state index is 0.0489. The van der Waals surface area contributed by atoms with E-state index in [0.717, 1.165) is 32.1 Å². The van der Waals surface area contributed by atoms with E-state index in [4.69, 9.17) is 4.74 Å². The minimum Gasteiger partial charge on any atom is -0.452 e. The van der Waals surface area contributed by atoms with Crippen LogP contribution in [0.2, 0.25) is 0 Å². The van der Waals surface area contributed by atoms with Crippen LogP contribution < -0.4 is 5.32 Å². The number of nitrogens with one attached hydrogen (secondary N) is 1. The van der Waals surface area contributed by atoms with Gasteiger partial charge in [-0.05, 0) is 80.4 Å². The highest BCUT2D eigenvalue weighted by Gasteiger charge is 2.61. The van der Waals surface area contributed by atoms with Crippen LogP contribution in [0.5, 0.6) is 0 Å². The summed E-state index contributed by atoms with van der Waals surface area (Å²) in [7, 11) is 0. The lowest BCUT2D eigenvalue weighted by Crippen LogP contribution is -2.59. The summed E-state index contributed by atoms with van der Waals surface area (Å²) in [5.74, 6) is 0.166. The Morgan fingerprint density at radius 2 is 1.69 bits per heavy atom. The summed E-state index contributed by atoms with van der Waals surface area (Å²) in [5.41, 5.74) is 0.600. The van der Waals surface area contributed by atoms with Crippen molar-refractivity contribution in [1.29, 1.82) is 0 Å². The van der Waals surface area contributed by atoms with Crippen LogP contribution in [0.3, 0.4) is 0 Å². The zero-order valence-corrected chi connectivity index (χ0v) is 18.0. The number of aliphatic hydroxyl groups is 1. The molecule has 3 unspecified atom stereocenters. The number of hydrogen-bond acceptors (Lipinski definition) is 4. The van der Waals surface area contributed by atoms with E-state index < -0.39 is 17.1 Å². The van der Waals surface area contributed by atoms with Gasteiger partial charge in [0.15, 0.2) is 6.10 Å². The van der Waals surface area contributed by atoms with Crippen molar-refractivity contribution in [2.45, 2.75) is 83.3 Å². The molecule has 4 aliphatic carbocycles. The molecule has 0 saturated heterocycles. The molecule has 4 fully saturated rings. The van der Waals surface area contributed by atoms with E-state index in [1.165, 1.54) is 5.56 Å². The molecule has 1 aromatic carbocycles. The third kappa shape index (κ3) is 3.94. The van der Waals surface area contributed by atoms with Crippen LogP contribution >= 0.6 is 0 Å². The second-order valence-electron chi connectivity index (χ2n) is 10.8. The number of amides is 1. The predicted molar refractivity (Wildman–Crippen MR) is 111 cm³/mol. The van der Waals surface area contributed by atoms with E-state index in [1.807, 2.05) is 24.3 Å². The summed E-state index contributed by atoms with van der Waals surface area (Å²) in [6.07, 6.45) is 3.90. The highest BCUT2D eigenvalue weighted by molar-refractivity contribution is 5.95. The lowest BCUT2D eigenvalue weighted by molar-refractivity contribution is -0.199.